The molecule has 0 fully saturated rings. The molecule has 1 rings (SSSR count). The molecule has 0 spiro atoms. The van der Waals surface area contributed by atoms with Crippen LogP contribution in [0.5, 0.6) is 0 Å². The van der Waals surface area contributed by atoms with E-state index in [2.05, 4.69) is 0 Å². The van der Waals surface area contributed by atoms with Crippen molar-refractivity contribution in [1.82, 2.24) is 4.72 Å². The molecular formula is C9H8ClF2NO4S. The molecule has 0 saturated heterocycles. The second-order valence-electron chi connectivity index (χ2n) is 3.22. The molecule has 1 aromatic rings. The van der Waals surface area contributed by atoms with Gasteiger partial charge in [-0.2, -0.15) is 13.5 Å². The second-order valence-corrected chi connectivity index (χ2v) is 5.31. The first-order valence-electron chi connectivity index (χ1n) is 4.52. The maximum absolute atomic E-state index is 12.2. The molecule has 1 aromatic carbocycles. The number of carboxylic acid groups (broad SMARTS) is 1. The smallest absolute Gasteiger partial charge is 0.350 e. The third-order valence-electron chi connectivity index (χ3n) is 1.98. The van der Waals surface area contributed by atoms with Gasteiger partial charge in [-0.1, -0.05) is 29.8 Å². The Kier molecular flexibility index (Phi) is 4.60. The second kappa shape index (κ2) is 5.59. The zero-order valence-electron chi connectivity index (χ0n) is 8.68. The molecule has 5 nitrogen and oxygen atoms in total. The fourth-order valence-corrected chi connectivity index (χ4v) is 2.08. The molecule has 0 heterocycles. The van der Waals surface area contributed by atoms with Crippen LogP contribution in [0.2, 0.25) is 5.02 Å². The van der Waals surface area contributed by atoms with Gasteiger partial charge in [-0.25, -0.2) is 8.42 Å². The van der Waals surface area contributed by atoms with Crippen LogP contribution in [0.15, 0.2) is 24.3 Å². The fraction of sp³-hybridized carbons (Fsp3) is 0.222. The van der Waals surface area contributed by atoms with E-state index < -0.39 is 27.8 Å². The van der Waals surface area contributed by atoms with Crippen molar-refractivity contribution in [3.8, 4) is 0 Å². The van der Waals surface area contributed by atoms with Crippen LogP contribution in [0.1, 0.15) is 11.6 Å². The van der Waals surface area contributed by atoms with E-state index in [1.54, 1.807) is 0 Å². The zero-order valence-corrected chi connectivity index (χ0v) is 10.3. The Morgan fingerprint density at radius 1 is 1.33 bits per heavy atom. The van der Waals surface area contributed by atoms with Gasteiger partial charge in [-0.05, 0) is 11.6 Å². The number of carboxylic acids is 1. The first-order valence-corrected chi connectivity index (χ1v) is 6.44. The molecule has 18 heavy (non-hydrogen) atoms. The van der Waals surface area contributed by atoms with E-state index in [1.165, 1.54) is 29.0 Å². The molecule has 0 aliphatic carbocycles. The predicted molar refractivity (Wildman–Crippen MR) is 59.9 cm³/mol. The number of hydrogen-bond acceptors (Lipinski definition) is 3. The molecule has 0 saturated carbocycles. The van der Waals surface area contributed by atoms with Crippen LogP contribution in [0.4, 0.5) is 8.78 Å². The molecule has 0 aromatic heterocycles. The fourth-order valence-electron chi connectivity index (χ4n) is 1.17. The maximum atomic E-state index is 12.2. The van der Waals surface area contributed by atoms with Gasteiger partial charge in [0.05, 0.1) is 0 Å². The predicted octanol–water partition coefficient (Wildman–Crippen LogP) is 1.61. The van der Waals surface area contributed by atoms with Gasteiger partial charge >= 0.3 is 11.7 Å². The first-order chi connectivity index (χ1) is 8.25. The number of alkyl halides is 2. The molecule has 2 N–H and O–H groups in total. The number of hydrogen-bond donors (Lipinski definition) is 2. The summed E-state index contributed by atoms with van der Waals surface area (Å²) in [6.07, 6.45) is 0. The Bertz CT molecular complexity index is 549. The average molecular weight is 300 g/mol. The van der Waals surface area contributed by atoms with Gasteiger partial charge in [0.15, 0.2) is 0 Å². The Morgan fingerprint density at radius 3 is 2.33 bits per heavy atom. The molecule has 0 unspecified atom stereocenters. The molecular weight excluding hydrogens is 292 g/mol. The van der Waals surface area contributed by atoms with Gasteiger partial charge in [0.2, 0.25) is 0 Å². The minimum Gasteiger partial charge on any atom is -0.480 e. The molecule has 100 valence electrons. The van der Waals surface area contributed by atoms with Crippen molar-refractivity contribution < 1.29 is 27.1 Å². The number of nitrogens with one attached hydrogen (secondary N) is 1. The number of benzene rings is 1. The Labute approximate surface area is 106 Å². The van der Waals surface area contributed by atoms with E-state index in [4.69, 9.17) is 16.7 Å². The van der Waals surface area contributed by atoms with Crippen LogP contribution in [0.25, 0.3) is 0 Å². The van der Waals surface area contributed by atoms with E-state index in [0.717, 1.165) is 0 Å². The van der Waals surface area contributed by atoms with Gasteiger partial charge < -0.3 is 5.11 Å². The number of carbonyl (C=O) groups is 1. The van der Waals surface area contributed by atoms with Crippen molar-refractivity contribution in [3.63, 3.8) is 0 Å². The normalized spacial score (nSPS) is 13.6. The van der Waals surface area contributed by atoms with Crippen LogP contribution < -0.4 is 4.72 Å². The van der Waals surface area contributed by atoms with Crippen LogP contribution in [-0.2, 0) is 14.8 Å². The molecule has 0 radical (unpaired) electrons. The third kappa shape index (κ3) is 3.37. The summed E-state index contributed by atoms with van der Waals surface area (Å²) in [5.41, 5.74) is -0.115. The lowest BCUT2D eigenvalue weighted by molar-refractivity contribution is -0.139. The molecule has 9 heteroatoms. The molecule has 1 atom stereocenters. The van der Waals surface area contributed by atoms with Crippen molar-refractivity contribution in [2.75, 3.05) is 0 Å². The third-order valence-corrected chi connectivity index (χ3v) is 3.36. The maximum Gasteiger partial charge on any atom is 0.350 e. The van der Waals surface area contributed by atoms with Crippen molar-refractivity contribution in [2.24, 2.45) is 0 Å². The largest absolute Gasteiger partial charge is 0.480 e. The van der Waals surface area contributed by atoms with Crippen molar-refractivity contribution >= 4 is 27.6 Å². The summed E-state index contributed by atoms with van der Waals surface area (Å²) in [4.78, 5) is 10.9. The first kappa shape index (κ1) is 14.8. The summed E-state index contributed by atoms with van der Waals surface area (Å²) in [5, 5.41) is 8.83. The molecule has 0 aliphatic heterocycles. The Hall–Kier alpha value is -1.25. The quantitative estimate of drug-likeness (QED) is 0.865. The molecule has 0 aliphatic rings. The minimum atomic E-state index is -5.03. The number of sulfonamides is 1. The summed E-state index contributed by atoms with van der Waals surface area (Å²) >= 11 is 5.69. The lowest BCUT2D eigenvalue weighted by Gasteiger charge is -2.15. The van der Waals surface area contributed by atoms with Gasteiger partial charge in [-0.3, -0.25) is 4.79 Å². The summed E-state index contributed by atoms with van der Waals surface area (Å²) in [5.74, 6) is -5.35. The highest BCUT2D eigenvalue weighted by Crippen LogP contribution is 2.24. The number of halogens is 3. The van der Waals surface area contributed by atoms with E-state index in [1.807, 2.05) is 0 Å². The van der Waals surface area contributed by atoms with Crippen molar-refractivity contribution in [1.29, 1.82) is 0 Å². The monoisotopic (exact) mass is 299 g/mol. The van der Waals surface area contributed by atoms with E-state index in [9.17, 15) is 22.0 Å². The number of rotatable bonds is 5. The summed E-state index contributed by atoms with van der Waals surface area (Å²) in [7, 11) is -5.03. The highest BCUT2D eigenvalue weighted by Gasteiger charge is 2.32. The summed E-state index contributed by atoms with van der Waals surface area (Å²) in [6.45, 7) is 0. The minimum absolute atomic E-state index is 0.0399. The SMILES string of the molecule is O=C(O)[C@H](NS(=O)(=O)C(F)F)c1ccccc1Cl. The van der Waals surface area contributed by atoms with Gasteiger partial charge in [0.25, 0.3) is 10.0 Å². The van der Waals surface area contributed by atoms with Crippen LogP contribution >= 0.6 is 11.6 Å². The Balaban J connectivity index is 3.14. The lowest BCUT2D eigenvalue weighted by atomic mass is 10.1. The molecule has 0 bridgehead atoms. The van der Waals surface area contributed by atoms with E-state index in [0.29, 0.717) is 0 Å². The lowest BCUT2D eigenvalue weighted by Crippen LogP contribution is -2.37. The van der Waals surface area contributed by atoms with Gasteiger partial charge in [0.1, 0.15) is 6.04 Å². The molecule has 0 amide bonds. The van der Waals surface area contributed by atoms with Crippen LogP contribution in [0.3, 0.4) is 0 Å². The van der Waals surface area contributed by atoms with Crippen LogP contribution in [-0.4, -0.2) is 25.3 Å². The topological polar surface area (TPSA) is 83.5 Å². The van der Waals surface area contributed by atoms with Gasteiger partial charge in [0, 0.05) is 5.02 Å². The Morgan fingerprint density at radius 2 is 1.89 bits per heavy atom. The van der Waals surface area contributed by atoms with E-state index in [-0.39, 0.29) is 10.6 Å². The highest BCUT2D eigenvalue weighted by molar-refractivity contribution is 7.89. The van der Waals surface area contributed by atoms with Crippen molar-refractivity contribution in [3.05, 3.63) is 34.9 Å². The zero-order chi connectivity index (χ0) is 13.9. The standard InChI is InChI=1S/C9H8ClF2NO4S/c10-6-4-2-1-3-5(6)7(8(14)15)13-18(16,17)9(11)12/h1-4,7,9,13H,(H,14,15)/t7-/m1/s1. The summed E-state index contributed by atoms with van der Waals surface area (Å²) in [6, 6.07) is 3.59. The van der Waals surface area contributed by atoms with Crippen LogP contribution in [0, 0.1) is 0 Å². The average Bonchev–Trinajstić information content (AvgIpc) is 2.26. The van der Waals surface area contributed by atoms with Crippen molar-refractivity contribution in [2.45, 2.75) is 11.8 Å². The summed E-state index contributed by atoms with van der Waals surface area (Å²) < 4.78 is 47.7. The van der Waals surface area contributed by atoms with Gasteiger partial charge in [-0.15, -0.1) is 0 Å². The van der Waals surface area contributed by atoms with E-state index >= 15 is 0 Å². The highest BCUT2D eigenvalue weighted by atomic mass is 35.5. The number of aliphatic carboxylic acids is 1.